The number of hydrogen-bond acceptors (Lipinski definition) is 3. The van der Waals surface area contributed by atoms with Crippen LogP contribution in [-0.2, 0) is 6.42 Å². The molecule has 0 bridgehead atoms. The van der Waals surface area contributed by atoms with Gasteiger partial charge in [0.2, 0.25) is 0 Å². The Labute approximate surface area is 114 Å². The standard InChI is InChI=1S/C16H21N3/c1-11-5-4-6-12(2)14(11)9-16(19-17)15-10-18-8-7-13(15)3/h4-8,10,16,19H,9,17H2,1-3H3. The number of pyridine rings is 1. The van der Waals surface area contributed by atoms with Gasteiger partial charge in [-0.15, -0.1) is 0 Å². The smallest absolute Gasteiger partial charge is 0.0518 e. The van der Waals surface area contributed by atoms with Crippen LogP contribution >= 0.6 is 0 Å². The largest absolute Gasteiger partial charge is 0.271 e. The highest BCUT2D eigenvalue weighted by Gasteiger charge is 2.15. The maximum atomic E-state index is 5.74. The molecule has 1 unspecified atom stereocenters. The number of nitrogens with zero attached hydrogens (tertiary/aromatic N) is 1. The molecule has 0 amide bonds. The molecule has 0 saturated heterocycles. The van der Waals surface area contributed by atoms with Crippen molar-refractivity contribution in [1.29, 1.82) is 0 Å². The number of nitrogens with one attached hydrogen (secondary N) is 1. The van der Waals surface area contributed by atoms with E-state index in [0.29, 0.717) is 0 Å². The van der Waals surface area contributed by atoms with E-state index >= 15 is 0 Å². The molecule has 0 spiro atoms. The van der Waals surface area contributed by atoms with E-state index in [1.165, 1.54) is 22.3 Å². The Balaban J connectivity index is 2.32. The molecule has 1 atom stereocenters. The summed E-state index contributed by atoms with van der Waals surface area (Å²) in [5.41, 5.74) is 9.26. The predicted molar refractivity (Wildman–Crippen MR) is 78.7 cm³/mol. The van der Waals surface area contributed by atoms with Crippen LogP contribution in [0.2, 0.25) is 0 Å². The van der Waals surface area contributed by atoms with Crippen molar-refractivity contribution < 1.29 is 0 Å². The van der Waals surface area contributed by atoms with Gasteiger partial charge in [-0.25, -0.2) is 0 Å². The highest BCUT2D eigenvalue weighted by molar-refractivity contribution is 5.36. The van der Waals surface area contributed by atoms with Crippen LogP contribution < -0.4 is 11.3 Å². The summed E-state index contributed by atoms with van der Waals surface area (Å²) in [5, 5.41) is 0. The molecule has 1 aromatic heterocycles. The second-order valence-corrected chi connectivity index (χ2v) is 5.03. The number of hydrogen-bond donors (Lipinski definition) is 2. The highest BCUT2D eigenvalue weighted by atomic mass is 15.2. The van der Waals surface area contributed by atoms with Crippen LogP contribution in [0.3, 0.4) is 0 Å². The van der Waals surface area contributed by atoms with Gasteiger partial charge in [0.15, 0.2) is 0 Å². The molecule has 0 aliphatic carbocycles. The molecule has 3 nitrogen and oxygen atoms in total. The van der Waals surface area contributed by atoms with Gasteiger partial charge in [0.1, 0.15) is 0 Å². The first-order valence-corrected chi connectivity index (χ1v) is 6.55. The first-order valence-electron chi connectivity index (χ1n) is 6.55. The lowest BCUT2D eigenvalue weighted by Gasteiger charge is -2.20. The monoisotopic (exact) mass is 255 g/mol. The van der Waals surface area contributed by atoms with E-state index in [2.05, 4.69) is 49.4 Å². The van der Waals surface area contributed by atoms with Gasteiger partial charge in [0, 0.05) is 12.4 Å². The molecule has 0 fully saturated rings. The van der Waals surface area contributed by atoms with E-state index in [1.807, 2.05) is 18.5 Å². The second-order valence-electron chi connectivity index (χ2n) is 5.03. The minimum absolute atomic E-state index is 0.0912. The molecule has 0 radical (unpaired) electrons. The van der Waals surface area contributed by atoms with Gasteiger partial charge >= 0.3 is 0 Å². The number of aromatic nitrogens is 1. The maximum Gasteiger partial charge on any atom is 0.0518 e. The summed E-state index contributed by atoms with van der Waals surface area (Å²) < 4.78 is 0. The number of benzene rings is 1. The fourth-order valence-corrected chi connectivity index (χ4v) is 2.47. The first-order chi connectivity index (χ1) is 9.13. The first kappa shape index (κ1) is 13.7. The second kappa shape index (κ2) is 5.95. The van der Waals surface area contributed by atoms with Gasteiger partial charge < -0.3 is 0 Å². The Morgan fingerprint density at radius 1 is 1.11 bits per heavy atom. The molecule has 3 N–H and O–H groups in total. The molecule has 100 valence electrons. The fourth-order valence-electron chi connectivity index (χ4n) is 2.47. The average Bonchev–Trinajstić information content (AvgIpc) is 2.40. The van der Waals surface area contributed by atoms with Crippen molar-refractivity contribution >= 4 is 0 Å². The molecule has 1 aromatic carbocycles. The minimum atomic E-state index is 0.0912. The minimum Gasteiger partial charge on any atom is -0.271 e. The van der Waals surface area contributed by atoms with Crippen molar-refractivity contribution in [3.63, 3.8) is 0 Å². The van der Waals surface area contributed by atoms with Crippen molar-refractivity contribution in [2.24, 2.45) is 5.84 Å². The van der Waals surface area contributed by atoms with Gasteiger partial charge in [-0.3, -0.25) is 16.3 Å². The average molecular weight is 255 g/mol. The maximum absolute atomic E-state index is 5.74. The SMILES string of the molecule is Cc1ccncc1C(Cc1c(C)cccc1C)NN. The summed E-state index contributed by atoms with van der Waals surface area (Å²) in [6.07, 6.45) is 4.58. The molecule has 2 aromatic rings. The van der Waals surface area contributed by atoms with E-state index in [9.17, 15) is 0 Å². The summed E-state index contributed by atoms with van der Waals surface area (Å²) in [4.78, 5) is 4.21. The Morgan fingerprint density at radius 2 is 1.79 bits per heavy atom. The summed E-state index contributed by atoms with van der Waals surface area (Å²) in [5.74, 6) is 5.74. The van der Waals surface area contributed by atoms with Crippen molar-refractivity contribution in [3.05, 3.63) is 64.5 Å². The lowest BCUT2D eigenvalue weighted by Crippen LogP contribution is -2.30. The third-order valence-corrected chi connectivity index (χ3v) is 3.71. The fraction of sp³-hybridized carbons (Fsp3) is 0.312. The molecular weight excluding hydrogens is 234 g/mol. The normalized spacial score (nSPS) is 12.4. The zero-order chi connectivity index (χ0) is 13.8. The highest BCUT2D eigenvalue weighted by Crippen LogP contribution is 2.23. The zero-order valence-corrected chi connectivity index (χ0v) is 11.8. The topological polar surface area (TPSA) is 50.9 Å². The summed E-state index contributed by atoms with van der Waals surface area (Å²) in [7, 11) is 0. The summed E-state index contributed by atoms with van der Waals surface area (Å²) in [6.45, 7) is 6.38. The van der Waals surface area contributed by atoms with Gasteiger partial charge in [0.25, 0.3) is 0 Å². The Bertz CT molecular complexity index is 543. The van der Waals surface area contributed by atoms with Gasteiger partial charge in [-0.1, -0.05) is 18.2 Å². The number of aryl methyl sites for hydroxylation is 3. The zero-order valence-electron chi connectivity index (χ0n) is 11.8. The number of nitrogens with two attached hydrogens (primary N) is 1. The third kappa shape index (κ3) is 3.00. The van der Waals surface area contributed by atoms with E-state index in [-0.39, 0.29) is 6.04 Å². The molecule has 1 heterocycles. The van der Waals surface area contributed by atoms with Crippen molar-refractivity contribution in [2.45, 2.75) is 33.2 Å². The summed E-state index contributed by atoms with van der Waals surface area (Å²) in [6, 6.07) is 8.49. The Morgan fingerprint density at radius 3 is 2.37 bits per heavy atom. The number of rotatable bonds is 4. The van der Waals surface area contributed by atoms with Crippen molar-refractivity contribution in [2.75, 3.05) is 0 Å². The molecule has 19 heavy (non-hydrogen) atoms. The lowest BCUT2D eigenvalue weighted by atomic mass is 9.92. The van der Waals surface area contributed by atoms with Crippen LogP contribution in [0, 0.1) is 20.8 Å². The molecule has 0 saturated carbocycles. The van der Waals surface area contributed by atoms with Gasteiger partial charge in [0.05, 0.1) is 6.04 Å². The van der Waals surface area contributed by atoms with E-state index in [4.69, 9.17) is 5.84 Å². The van der Waals surface area contributed by atoms with Crippen molar-refractivity contribution in [3.8, 4) is 0 Å². The van der Waals surface area contributed by atoms with Crippen molar-refractivity contribution in [1.82, 2.24) is 10.4 Å². The van der Waals surface area contributed by atoms with Crippen LogP contribution in [-0.4, -0.2) is 4.98 Å². The Kier molecular flexibility index (Phi) is 4.30. The lowest BCUT2D eigenvalue weighted by molar-refractivity contribution is 0.545. The van der Waals surface area contributed by atoms with Gasteiger partial charge in [-0.05, 0) is 61.1 Å². The molecular formula is C16H21N3. The van der Waals surface area contributed by atoms with E-state index < -0.39 is 0 Å². The quantitative estimate of drug-likeness (QED) is 0.652. The Hall–Kier alpha value is -1.71. The van der Waals surface area contributed by atoms with Crippen LogP contribution in [0.5, 0.6) is 0 Å². The van der Waals surface area contributed by atoms with Crippen LogP contribution in [0.25, 0.3) is 0 Å². The molecule has 0 aliphatic rings. The van der Waals surface area contributed by atoms with Gasteiger partial charge in [-0.2, -0.15) is 0 Å². The summed E-state index contributed by atoms with van der Waals surface area (Å²) >= 11 is 0. The van der Waals surface area contributed by atoms with Crippen LogP contribution in [0.4, 0.5) is 0 Å². The van der Waals surface area contributed by atoms with E-state index in [1.54, 1.807) is 0 Å². The molecule has 2 rings (SSSR count). The molecule has 3 heteroatoms. The molecule has 0 aliphatic heterocycles. The third-order valence-electron chi connectivity index (χ3n) is 3.71. The predicted octanol–water partition coefficient (Wildman–Crippen LogP) is 2.75. The van der Waals surface area contributed by atoms with Crippen LogP contribution in [0.1, 0.15) is 33.9 Å². The van der Waals surface area contributed by atoms with E-state index in [0.717, 1.165) is 12.0 Å². The van der Waals surface area contributed by atoms with Crippen LogP contribution in [0.15, 0.2) is 36.7 Å². The number of hydrazine groups is 1.